The Morgan fingerprint density at radius 2 is 1.30 bits per heavy atom. The van der Waals surface area contributed by atoms with Gasteiger partial charge in [0.2, 0.25) is 0 Å². The molecule has 1 aromatic heterocycles. The molecule has 0 saturated heterocycles. The third-order valence-electron chi connectivity index (χ3n) is 0.893. The number of halogens is 3. The van der Waals surface area contributed by atoms with Crippen LogP contribution in [0.15, 0.2) is 7.57 Å². The minimum absolute atomic E-state index is 0. The molecular weight excluding hydrogens is 303 g/mol. The van der Waals surface area contributed by atoms with E-state index in [0.717, 1.165) is 7.57 Å². The van der Waals surface area contributed by atoms with Gasteiger partial charge in [0.05, 0.1) is 18.9 Å². The van der Waals surface area contributed by atoms with Crippen LogP contribution in [0, 0.1) is 0 Å². The lowest BCUT2D eigenvalue weighted by Crippen LogP contribution is -1.89. The van der Waals surface area contributed by atoms with Crippen LogP contribution >= 0.6 is 55.6 Å². The topological polar surface area (TPSA) is 52.0 Å². The molecule has 4 N–H and O–H groups in total. The lowest BCUT2D eigenvalue weighted by atomic mass is 10.5. The van der Waals surface area contributed by atoms with Crippen LogP contribution in [-0.2, 0) is 0 Å². The van der Waals surface area contributed by atoms with E-state index >= 15 is 0 Å². The smallest absolute Gasteiger partial charge is 0.0961 e. The molecule has 1 rings (SSSR count). The second-order valence-electron chi connectivity index (χ2n) is 1.48. The Hall–Kier alpha value is 0.550. The van der Waals surface area contributed by atoms with Crippen molar-refractivity contribution in [2.24, 2.45) is 0 Å². The highest BCUT2D eigenvalue weighted by Crippen LogP contribution is 2.40. The molecule has 0 saturated carbocycles. The molecule has 1 heterocycles. The summed E-state index contributed by atoms with van der Waals surface area (Å²) in [6.45, 7) is 0. The maximum atomic E-state index is 5.51. The third kappa shape index (κ3) is 1.78. The van der Waals surface area contributed by atoms with Gasteiger partial charge in [0, 0.05) is 0 Å². The second kappa shape index (κ2) is 3.80. The van der Waals surface area contributed by atoms with Gasteiger partial charge >= 0.3 is 0 Å². The molecule has 2 nitrogen and oxygen atoms in total. The van der Waals surface area contributed by atoms with E-state index in [0.29, 0.717) is 11.4 Å². The van der Waals surface area contributed by atoms with E-state index in [9.17, 15) is 0 Å². The highest BCUT2D eigenvalue weighted by Gasteiger charge is 2.07. The van der Waals surface area contributed by atoms with Crippen LogP contribution in [0.4, 0.5) is 11.4 Å². The Kier molecular flexibility index (Phi) is 4.01. The van der Waals surface area contributed by atoms with Gasteiger partial charge in [0.15, 0.2) is 0 Å². The number of hydrogen-bond donors (Lipinski definition) is 2. The normalized spacial score (nSPS) is 9.00. The molecule has 0 spiro atoms. The standard InChI is InChI=1S/C4H4Br2N2S.ClH/c5-3-1(7)2(8)4(6)9-3;/h7-8H2;1H. The van der Waals surface area contributed by atoms with Crippen molar-refractivity contribution in [2.75, 3.05) is 11.5 Å². The van der Waals surface area contributed by atoms with Crippen molar-refractivity contribution in [2.45, 2.75) is 0 Å². The minimum atomic E-state index is 0. The summed E-state index contributed by atoms with van der Waals surface area (Å²) in [5.74, 6) is 0. The van der Waals surface area contributed by atoms with Crippen molar-refractivity contribution in [1.82, 2.24) is 0 Å². The molecule has 0 unspecified atom stereocenters. The zero-order valence-corrected chi connectivity index (χ0v) is 9.53. The molecule has 6 heteroatoms. The van der Waals surface area contributed by atoms with Gasteiger partial charge < -0.3 is 11.5 Å². The fourth-order valence-electron chi connectivity index (χ4n) is 0.400. The summed E-state index contributed by atoms with van der Waals surface area (Å²) in [5.41, 5.74) is 12.3. The first-order chi connectivity index (χ1) is 4.13. The predicted molar refractivity (Wildman–Crippen MR) is 55.8 cm³/mol. The summed E-state index contributed by atoms with van der Waals surface area (Å²) >= 11 is 7.98. The molecule has 0 radical (unpaired) electrons. The van der Waals surface area contributed by atoms with E-state index in [-0.39, 0.29) is 12.4 Å². The molecule has 10 heavy (non-hydrogen) atoms. The lowest BCUT2D eigenvalue weighted by molar-refractivity contribution is 1.77. The predicted octanol–water partition coefficient (Wildman–Crippen LogP) is 2.86. The summed E-state index contributed by atoms with van der Waals surface area (Å²) in [6, 6.07) is 0. The summed E-state index contributed by atoms with van der Waals surface area (Å²) < 4.78 is 1.76. The highest BCUT2D eigenvalue weighted by atomic mass is 79.9. The van der Waals surface area contributed by atoms with Gasteiger partial charge in [-0.25, -0.2) is 0 Å². The fraction of sp³-hybridized carbons (Fsp3) is 0. The van der Waals surface area contributed by atoms with Gasteiger partial charge in [0.1, 0.15) is 0 Å². The van der Waals surface area contributed by atoms with Gasteiger partial charge in [-0.2, -0.15) is 0 Å². The monoisotopic (exact) mass is 306 g/mol. The highest BCUT2D eigenvalue weighted by molar-refractivity contribution is 9.12. The molecule has 0 amide bonds. The molecule has 1 aromatic rings. The molecule has 0 fully saturated rings. The number of hydrogen-bond acceptors (Lipinski definition) is 3. The molecule has 0 aliphatic carbocycles. The van der Waals surface area contributed by atoms with Crippen molar-refractivity contribution in [3.63, 3.8) is 0 Å². The van der Waals surface area contributed by atoms with Crippen LogP contribution in [0.5, 0.6) is 0 Å². The molecule has 0 aromatic carbocycles. The van der Waals surface area contributed by atoms with Gasteiger partial charge in [-0.15, -0.1) is 23.7 Å². The van der Waals surface area contributed by atoms with E-state index in [2.05, 4.69) is 31.9 Å². The van der Waals surface area contributed by atoms with Crippen LogP contribution in [0.25, 0.3) is 0 Å². The van der Waals surface area contributed by atoms with Gasteiger partial charge in [-0.05, 0) is 31.9 Å². The van der Waals surface area contributed by atoms with Crippen molar-refractivity contribution >= 4 is 67.0 Å². The number of anilines is 2. The minimum Gasteiger partial charge on any atom is -0.395 e. The zero-order chi connectivity index (χ0) is 7.02. The van der Waals surface area contributed by atoms with Crippen molar-refractivity contribution in [3.8, 4) is 0 Å². The number of thiophene rings is 1. The first kappa shape index (κ1) is 10.6. The summed E-state index contributed by atoms with van der Waals surface area (Å²) in [4.78, 5) is 0. The van der Waals surface area contributed by atoms with E-state index in [4.69, 9.17) is 11.5 Å². The Labute approximate surface area is 85.6 Å². The zero-order valence-electron chi connectivity index (χ0n) is 4.73. The first-order valence-corrected chi connectivity index (χ1v) is 4.52. The Morgan fingerprint density at radius 1 is 1.00 bits per heavy atom. The van der Waals surface area contributed by atoms with Gasteiger partial charge in [0.25, 0.3) is 0 Å². The number of nitrogen functional groups attached to an aromatic ring is 2. The lowest BCUT2D eigenvalue weighted by Gasteiger charge is -1.88. The first-order valence-electron chi connectivity index (χ1n) is 2.11. The third-order valence-corrected chi connectivity index (χ3v) is 3.52. The number of nitrogens with two attached hydrogens (primary N) is 2. The number of rotatable bonds is 0. The van der Waals surface area contributed by atoms with E-state index in [1.807, 2.05) is 0 Å². The second-order valence-corrected chi connectivity index (χ2v) is 5.13. The van der Waals surface area contributed by atoms with Crippen molar-refractivity contribution in [3.05, 3.63) is 7.57 Å². The van der Waals surface area contributed by atoms with Crippen LogP contribution in [0.1, 0.15) is 0 Å². The average molecular weight is 308 g/mol. The van der Waals surface area contributed by atoms with Crippen LogP contribution in [-0.4, -0.2) is 0 Å². The van der Waals surface area contributed by atoms with Gasteiger partial charge in [-0.1, -0.05) is 0 Å². The maximum Gasteiger partial charge on any atom is 0.0961 e. The molecule has 58 valence electrons. The molecule has 0 atom stereocenters. The van der Waals surface area contributed by atoms with Crippen molar-refractivity contribution in [1.29, 1.82) is 0 Å². The summed E-state index contributed by atoms with van der Waals surface area (Å²) in [6.07, 6.45) is 0. The average Bonchev–Trinajstić information content (AvgIpc) is 1.98. The molecule has 0 aliphatic rings. The largest absolute Gasteiger partial charge is 0.395 e. The van der Waals surface area contributed by atoms with Gasteiger partial charge in [-0.3, -0.25) is 0 Å². The van der Waals surface area contributed by atoms with Crippen LogP contribution in [0.3, 0.4) is 0 Å². The Morgan fingerprint density at radius 3 is 1.40 bits per heavy atom. The van der Waals surface area contributed by atoms with Crippen LogP contribution in [0.2, 0.25) is 0 Å². The quantitative estimate of drug-likeness (QED) is 0.774. The fourth-order valence-corrected chi connectivity index (χ4v) is 3.05. The van der Waals surface area contributed by atoms with E-state index < -0.39 is 0 Å². The van der Waals surface area contributed by atoms with Crippen molar-refractivity contribution < 1.29 is 0 Å². The SMILES string of the molecule is Cl.Nc1c(Br)sc(Br)c1N. The van der Waals surface area contributed by atoms with E-state index in [1.54, 1.807) is 0 Å². The molecule has 0 bridgehead atoms. The Balaban J connectivity index is 0.000000810. The van der Waals surface area contributed by atoms with E-state index in [1.165, 1.54) is 11.3 Å². The molecular formula is C4H5Br2ClN2S. The maximum absolute atomic E-state index is 5.51. The Bertz CT molecular complexity index is 215. The van der Waals surface area contributed by atoms with Crippen LogP contribution < -0.4 is 11.5 Å². The summed E-state index contributed by atoms with van der Waals surface area (Å²) in [7, 11) is 0. The molecule has 0 aliphatic heterocycles. The summed E-state index contributed by atoms with van der Waals surface area (Å²) in [5, 5.41) is 0.